The molecule has 2 aliphatic rings. The highest BCUT2D eigenvalue weighted by atomic mass is 16.7. The predicted octanol–water partition coefficient (Wildman–Crippen LogP) is 1.26. The van der Waals surface area contributed by atoms with Crippen molar-refractivity contribution < 1.29 is 19.1 Å². The molecule has 0 aromatic heterocycles. The molecule has 1 aliphatic heterocycles. The van der Waals surface area contributed by atoms with Gasteiger partial charge < -0.3 is 14.9 Å². The smallest absolute Gasteiger partial charge is 0.329 e. The van der Waals surface area contributed by atoms with Gasteiger partial charge in [-0.15, -0.1) is 0 Å². The minimum atomic E-state index is -1.20. The molecule has 1 saturated heterocycles. The Morgan fingerprint density at radius 3 is 2.25 bits per heavy atom. The normalized spacial score (nSPS) is 24.9. The van der Waals surface area contributed by atoms with E-state index in [9.17, 15) is 9.59 Å². The van der Waals surface area contributed by atoms with Gasteiger partial charge in [0.25, 0.3) is 5.79 Å². The Hall–Kier alpha value is -1.39. The Labute approximate surface area is 93.6 Å². The summed E-state index contributed by atoms with van der Waals surface area (Å²) in [6.07, 6.45) is 2.64. The number of rotatable bonds is 3. The lowest BCUT2D eigenvalue weighted by molar-refractivity contribution is -0.235. The van der Waals surface area contributed by atoms with Gasteiger partial charge in [0.15, 0.2) is 5.92 Å². The highest BCUT2D eigenvalue weighted by Crippen LogP contribution is 2.35. The average molecular weight is 225 g/mol. The molecule has 1 aliphatic carbocycles. The summed E-state index contributed by atoms with van der Waals surface area (Å²) < 4.78 is 9.91. The van der Waals surface area contributed by atoms with Crippen LogP contribution in [0.25, 0.3) is 0 Å². The summed E-state index contributed by atoms with van der Waals surface area (Å²) in [5, 5.41) is 7.74. The molecule has 0 aromatic rings. The molecule has 88 valence electrons. The van der Waals surface area contributed by atoms with Gasteiger partial charge in [0.2, 0.25) is 0 Å². The summed E-state index contributed by atoms with van der Waals surface area (Å²) in [5.41, 5.74) is 0.119. The first kappa shape index (κ1) is 11.1. The Morgan fingerprint density at radius 2 is 1.81 bits per heavy atom. The predicted molar refractivity (Wildman–Crippen MR) is 54.8 cm³/mol. The number of esters is 2. The molecule has 0 bridgehead atoms. The number of hydrogen-bond acceptors (Lipinski definition) is 5. The molecule has 2 fully saturated rings. The van der Waals surface area contributed by atoms with Crippen molar-refractivity contribution in [2.45, 2.75) is 38.9 Å². The number of cyclic esters (lactones) is 2. The highest BCUT2D eigenvalue weighted by molar-refractivity contribution is 6.16. The van der Waals surface area contributed by atoms with Gasteiger partial charge in [0, 0.05) is 19.6 Å². The van der Waals surface area contributed by atoms with Crippen LogP contribution in [0.4, 0.5) is 0 Å². The quantitative estimate of drug-likeness (QED) is 0.445. The van der Waals surface area contributed by atoms with Gasteiger partial charge in [0.05, 0.1) is 0 Å². The van der Waals surface area contributed by atoms with Crippen LogP contribution in [0.15, 0.2) is 0 Å². The van der Waals surface area contributed by atoms with Gasteiger partial charge in [-0.3, -0.25) is 9.59 Å². The first-order valence-corrected chi connectivity index (χ1v) is 5.42. The Balaban J connectivity index is 2.06. The van der Waals surface area contributed by atoms with E-state index < -0.39 is 23.6 Å². The third-order valence-electron chi connectivity index (χ3n) is 2.72. The Bertz CT molecular complexity index is 326. The van der Waals surface area contributed by atoms with E-state index in [2.05, 4.69) is 0 Å². The van der Waals surface area contributed by atoms with Crippen molar-refractivity contribution in [1.82, 2.24) is 0 Å². The molecule has 2 rings (SSSR count). The SMILES string of the molecule is CC1(C)OC(=O)C(C(=N)CC2CC2)C(=O)O1. The van der Waals surface area contributed by atoms with Gasteiger partial charge in [-0.1, -0.05) is 0 Å². The number of hydrogen-bond donors (Lipinski definition) is 1. The third kappa shape index (κ3) is 2.23. The molecule has 1 N–H and O–H groups in total. The van der Waals surface area contributed by atoms with Crippen molar-refractivity contribution in [3.05, 3.63) is 0 Å². The first-order valence-electron chi connectivity index (χ1n) is 5.42. The second-order valence-electron chi connectivity index (χ2n) is 4.85. The van der Waals surface area contributed by atoms with Gasteiger partial charge in [-0.05, 0) is 25.2 Å². The Morgan fingerprint density at radius 1 is 1.31 bits per heavy atom. The van der Waals surface area contributed by atoms with E-state index in [1.165, 1.54) is 13.8 Å². The lowest BCUT2D eigenvalue weighted by Gasteiger charge is -2.33. The molecule has 0 atom stereocenters. The summed E-state index contributed by atoms with van der Waals surface area (Å²) in [7, 11) is 0. The maximum absolute atomic E-state index is 11.6. The van der Waals surface area contributed by atoms with Gasteiger partial charge in [-0.2, -0.15) is 0 Å². The van der Waals surface area contributed by atoms with Crippen LogP contribution in [0.5, 0.6) is 0 Å². The number of carbonyl (C=O) groups excluding carboxylic acids is 2. The van der Waals surface area contributed by atoms with Crippen LogP contribution in [0, 0.1) is 17.2 Å². The summed E-state index contributed by atoms with van der Waals surface area (Å²) in [5.74, 6) is -3.21. The summed E-state index contributed by atoms with van der Waals surface area (Å²) >= 11 is 0. The minimum absolute atomic E-state index is 0.119. The molecule has 5 nitrogen and oxygen atoms in total. The number of carbonyl (C=O) groups is 2. The first-order chi connectivity index (χ1) is 7.39. The summed E-state index contributed by atoms with van der Waals surface area (Å²) in [6, 6.07) is 0. The molecule has 1 heterocycles. The zero-order chi connectivity index (χ0) is 11.9. The van der Waals surface area contributed by atoms with Crippen molar-refractivity contribution >= 4 is 17.7 Å². The largest absolute Gasteiger partial charge is 0.422 e. The lowest BCUT2D eigenvalue weighted by Crippen LogP contribution is -2.49. The van der Waals surface area contributed by atoms with Crippen LogP contribution in [-0.2, 0) is 19.1 Å². The van der Waals surface area contributed by atoms with Crippen LogP contribution in [0.1, 0.15) is 33.1 Å². The van der Waals surface area contributed by atoms with Gasteiger partial charge >= 0.3 is 11.9 Å². The average Bonchev–Trinajstić information content (AvgIpc) is 2.83. The molecule has 0 spiro atoms. The van der Waals surface area contributed by atoms with E-state index >= 15 is 0 Å². The highest BCUT2D eigenvalue weighted by Gasteiger charge is 2.46. The van der Waals surface area contributed by atoms with Crippen molar-refractivity contribution in [2.75, 3.05) is 0 Å². The fourth-order valence-corrected chi connectivity index (χ4v) is 1.75. The van der Waals surface area contributed by atoms with Crippen molar-refractivity contribution in [1.29, 1.82) is 5.41 Å². The molecule has 0 radical (unpaired) electrons. The number of ether oxygens (including phenoxy) is 2. The maximum Gasteiger partial charge on any atom is 0.329 e. The van der Waals surface area contributed by atoms with Gasteiger partial charge in [-0.25, -0.2) is 0 Å². The van der Waals surface area contributed by atoms with Crippen LogP contribution in [0.3, 0.4) is 0 Å². The second-order valence-corrected chi connectivity index (χ2v) is 4.85. The summed E-state index contributed by atoms with van der Waals surface area (Å²) in [6.45, 7) is 3.01. The zero-order valence-corrected chi connectivity index (χ0v) is 9.41. The van der Waals surface area contributed by atoms with E-state index in [-0.39, 0.29) is 5.71 Å². The van der Waals surface area contributed by atoms with Crippen LogP contribution in [0.2, 0.25) is 0 Å². The molecular weight excluding hydrogens is 210 g/mol. The fraction of sp³-hybridized carbons (Fsp3) is 0.727. The van der Waals surface area contributed by atoms with Crippen LogP contribution < -0.4 is 0 Å². The van der Waals surface area contributed by atoms with Gasteiger partial charge in [0.1, 0.15) is 0 Å². The monoisotopic (exact) mass is 225 g/mol. The van der Waals surface area contributed by atoms with E-state index in [0.29, 0.717) is 12.3 Å². The molecule has 5 heteroatoms. The molecular formula is C11H15NO4. The molecule has 1 saturated carbocycles. The van der Waals surface area contributed by atoms with Crippen LogP contribution >= 0.6 is 0 Å². The van der Waals surface area contributed by atoms with E-state index in [4.69, 9.17) is 14.9 Å². The summed E-state index contributed by atoms with van der Waals surface area (Å²) in [4.78, 5) is 23.2. The lowest BCUT2D eigenvalue weighted by atomic mass is 9.98. The third-order valence-corrected chi connectivity index (χ3v) is 2.72. The molecule has 0 amide bonds. The van der Waals surface area contributed by atoms with Crippen molar-refractivity contribution in [3.63, 3.8) is 0 Å². The topological polar surface area (TPSA) is 76.5 Å². The molecule has 16 heavy (non-hydrogen) atoms. The Kier molecular flexibility index (Phi) is 2.48. The van der Waals surface area contributed by atoms with E-state index in [1.807, 2.05) is 0 Å². The zero-order valence-electron chi connectivity index (χ0n) is 9.41. The molecule has 0 unspecified atom stereocenters. The molecule has 0 aromatic carbocycles. The van der Waals surface area contributed by atoms with Crippen molar-refractivity contribution in [2.24, 2.45) is 11.8 Å². The van der Waals surface area contributed by atoms with Crippen molar-refractivity contribution in [3.8, 4) is 0 Å². The second kappa shape index (κ2) is 3.57. The maximum atomic E-state index is 11.6. The standard InChI is InChI=1S/C11H15NO4/c1-11(2)15-9(13)8(10(14)16-11)7(12)5-6-3-4-6/h6,8,12H,3-5H2,1-2H3. The van der Waals surface area contributed by atoms with E-state index in [0.717, 1.165) is 12.8 Å². The fourth-order valence-electron chi connectivity index (χ4n) is 1.75. The number of nitrogens with one attached hydrogen (secondary N) is 1. The van der Waals surface area contributed by atoms with Crippen LogP contribution in [-0.4, -0.2) is 23.4 Å². The van der Waals surface area contributed by atoms with E-state index in [1.54, 1.807) is 0 Å². The minimum Gasteiger partial charge on any atom is -0.422 e.